The Morgan fingerprint density at radius 1 is 0.897 bits per heavy atom. The molecule has 4 aliphatic rings. The topological polar surface area (TPSA) is 71.1 Å². The average Bonchev–Trinajstić information content (AvgIpc) is 2.68. The van der Waals surface area contributed by atoms with Crippen molar-refractivity contribution in [1.82, 2.24) is 4.98 Å². The number of benzene rings is 1. The average molecular weight is 389 g/mol. The van der Waals surface area contributed by atoms with Crippen molar-refractivity contribution in [2.75, 3.05) is 10.6 Å². The van der Waals surface area contributed by atoms with Crippen LogP contribution in [0, 0.1) is 23.2 Å². The van der Waals surface area contributed by atoms with Gasteiger partial charge in [0.15, 0.2) is 0 Å². The molecule has 2 N–H and O–H groups in total. The maximum absolute atomic E-state index is 12.8. The number of nitrogens with one attached hydrogen (secondary N) is 2. The lowest BCUT2D eigenvalue weighted by Gasteiger charge is -2.56. The van der Waals surface area contributed by atoms with E-state index in [0.29, 0.717) is 17.7 Å². The lowest BCUT2D eigenvalue weighted by Crippen LogP contribution is -2.47. The molecular formula is C24H27N3O2. The maximum atomic E-state index is 12.8. The van der Waals surface area contributed by atoms with Crippen LogP contribution in [0.3, 0.4) is 0 Å². The zero-order valence-electron chi connectivity index (χ0n) is 16.6. The van der Waals surface area contributed by atoms with Crippen molar-refractivity contribution >= 4 is 23.2 Å². The summed E-state index contributed by atoms with van der Waals surface area (Å²) in [7, 11) is 0. The Kier molecular flexibility index (Phi) is 4.61. The molecule has 6 rings (SSSR count). The van der Waals surface area contributed by atoms with Crippen molar-refractivity contribution in [3.05, 3.63) is 54.4 Å². The molecule has 0 atom stereocenters. The van der Waals surface area contributed by atoms with Crippen LogP contribution in [0.1, 0.15) is 55.3 Å². The molecule has 2 aromatic rings. The Balaban J connectivity index is 1.18. The molecule has 5 nitrogen and oxygen atoms in total. The third-order valence-electron chi connectivity index (χ3n) is 7.05. The summed E-state index contributed by atoms with van der Waals surface area (Å²) in [6.45, 7) is 0. The fourth-order valence-electron chi connectivity index (χ4n) is 6.39. The SMILES string of the molecule is O=C(CC12CC3CC(CC(C3)C1)C2)Nc1ccc(NC(=O)c2cccnc2)cc1. The second-order valence-corrected chi connectivity index (χ2v) is 9.42. The van der Waals surface area contributed by atoms with Crippen molar-refractivity contribution in [2.24, 2.45) is 23.2 Å². The van der Waals surface area contributed by atoms with Crippen LogP contribution in [0.15, 0.2) is 48.8 Å². The van der Waals surface area contributed by atoms with Gasteiger partial charge in [-0.3, -0.25) is 14.6 Å². The zero-order valence-corrected chi connectivity index (χ0v) is 16.6. The van der Waals surface area contributed by atoms with Gasteiger partial charge in [0.1, 0.15) is 0 Å². The molecule has 0 spiro atoms. The van der Waals surface area contributed by atoms with Crippen molar-refractivity contribution < 1.29 is 9.59 Å². The first-order valence-electron chi connectivity index (χ1n) is 10.7. The van der Waals surface area contributed by atoms with E-state index in [1.165, 1.54) is 44.7 Å². The third-order valence-corrected chi connectivity index (χ3v) is 7.05. The number of hydrogen-bond acceptors (Lipinski definition) is 3. The Bertz CT molecular complexity index is 872. The van der Waals surface area contributed by atoms with Crippen LogP contribution in [0.25, 0.3) is 0 Å². The quantitative estimate of drug-likeness (QED) is 0.766. The fraction of sp³-hybridized carbons (Fsp3) is 0.458. The zero-order chi connectivity index (χ0) is 19.8. The van der Waals surface area contributed by atoms with E-state index in [4.69, 9.17) is 0 Å². The van der Waals surface area contributed by atoms with Gasteiger partial charge in [-0.15, -0.1) is 0 Å². The van der Waals surface area contributed by atoms with Gasteiger partial charge in [-0.2, -0.15) is 0 Å². The number of rotatable bonds is 5. The summed E-state index contributed by atoms with van der Waals surface area (Å²) < 4.78 is 0. The summed E-state index contributed by atoms with van der Waals surface area (Å²) in [6.07, 6.45) is 11.7. The van der Waals surface area contributed by atoms with Gasteiger partial charge < -0.3 is 10.6 Å². The smallest absolute Gasteiger partial charge is 0.257 e. The molecule has 5 heteroatoms. The summed E-state index contributed by atoms with van der Waals surface area (Å²) in [5, 5.41) is 5.92. The number of anilines is 2. The van der Waals surface area contributed by atoms with Gasteiger partial charge in [0.05, 0.1) is 5.56 Å². The molecule has 1 aromatic heterocycles. The summed E-state index contributed by atoms with van der Waals surface area (Å²) in [5.41, 5.74) is 2.23. The van der Waals surface area contributed by atoms with Crippen LogP contribution < -0.4 is 10.6 Å². The van der Waals surface area contributed by atoms with Gasteiger partial charge in [-0.25, -0.2) is 0 Å². The molecule has 150 valence electrons. The largest absolute Gasteiger partial charge is 0.326 e. The van der Waals surface area contributed by atoms with Crippen molar-refractivity contribution in [3.63, 3.8) is 0 Å². The van der Waals surface area contributed by atoms with Crippen LogP contribution in [-0.4, -0.2) is 16.8 Å². The van der Waals surface area contributed by atoms with Gasteiger partial charge in [0.2, 0.25) is 5.91 Å². The Labute approximate surface area is 171 Å². The first-order valence-corrected chi connectivity index (χ1v) is 10.7. The van der Waals surface area contributed by atoms with E-state index in [9.17, 15) is 9.59 Å². The minimum atomic E-state index is -0.197. The number of hydrogen-bond donors (Lipinski definition) is 2. The first kappa shape index (κ1) is 18.3. The Hall–Kier alpha value is -2.69. The van der Waals surface area contributed by atoms with E-state index in [2.05, 4.69) is 15.6 Å². The summed E-state index contributed by atoms with van der Waals surface area (Å²) >= 11 is 0. The van der Waals surface area contributed by atoms with Crippen molar-refractivity contribution in [1.29, 1.82) is 0 Å². The second-order valence-electron chi connectivity index (χ2n) is 9.42. The highest BCUT2D eigenvalue weighted by atomic mass is 16.2. The number of aromatic nitrogens is 1. The molecule has 0 radical (unpaired) electrons. The molecule has 4 aliphatic carbocycles. The van der Waals surface area contributed by atoms with Gasteiger partial charge in [-0.05, 0) is 98.1 Å². The van der Waals surface area contributed by atoms with Crippen molar-refractivity contribution in [2.45, 2.75) is 44.9 Å². The highest BCUT2D eigenvalue weighted by molar-refractivity contribution is 6.04. The van der Waals surface area contributed by atoms with E-state index in [1.807, 2.05) is 24.3 Å². The minimum absolute atomic E-state index is 0.124. The van der Waals surface area contributed by atoms with E-state index in [-0.39, 0.29) is 17.2 Å². The van der Waals surface area contributed by atoms with E-state index < -0.39 is 0 Å². The standard InChI is InChI=1S/C24H27N3O2/c28-22(14-24-11-16-8-17(12-24)10-18(9-16)13-24)26-20-3-5-21(6-4-20)27-23(29)19-2-1-7-25-15-19/h1-7,15-18H,8-14H2,(H,26,28)(H,27,29). The molecule has 29 heavy (non-hydrogen) atoms. The summed E-state index contributed by atoms with van der Waals surface area (Å²) in [6, 6.07) is 10.8. The van der Waals surface area contributed by atoms with E-state index >= 15 is 0 Å². The predicted molar refractivity (Wildman–Crippen MR) is 112 cm³/mol. The van der Waals surface area contributed by atoms with E-state index in [1.54, 1.807) is 18.3 Å². The molecule has 2 amide bonds. The summed E-state index contributed by atoms with van der Waals surface area (Å²) in [5.74, 6) is 2.50. The predicted octanol–water partition coefficient (Wildman–Crippen LogP) is 4.88. The minimum Gasteiger partial charge on any atom is -0.326 e. The normalized spacial score (nSPS) is 29.4. The number of carbonyl (C=O) groups is 2. The highest BCUT2D eigenvalue weighted by Crippen LogP contribution is 2.61. The van der Waals surface area contributed by atoms with Gasteiger partial charge >= 0.3 is 0 Å². The van der Waals surface area contributed by atoms with Crippen LogP contribution >= 0.6 is 0 Å². The fourth-order valence-corrected chi connectivity index (χ4v) is 6.39. The highest BCUT2D eigenvalue weighted by Gasteiger charge is 2.51. The maximum Gasteiger partial charge on any atom is 0.257 e. The Morgan fingerprint density at radius 3 is 2.03 bits per heavy atom. The molecule has 1 aromatic carbocycles. The molecule has 0 saturated heterocycles. The number of amides is 2. The lowest BCUT2D eigenvalue weighted by atomic mass is 9.49. The van der Waals surface area contributed by atoms with Crippen LogP contribution in [0.5, 0.6) is 0 Å². The van der Waals surface area contributed by atoms with Crippen LogP contribution in [0.2, 0.25) is 0 Å². The van der Waals surface area contributed by atoms with Crippen LogP contribution in [-0.2, 0) is 4.79 Å². The first-order chi connectivity index (χ1) is 14.1. The molecule has 0 unspecified atom stereocenters. The molecule has 1 heterocycles. The molecular weight excluding hydrogens is 362 g/mol. The summed E-state index contributed by atoms with van der Waals surface area (Å²) in [4.78, 5) is 28.9. The molecule has 4 saturated carbocycles. The number of pyridine rings is 1. The molecule has 4 bridgehead atoms. The van der Waals surface area contributed by atoms with Gasteiger partial charge in [0, 0.05) is 30.2 Å². The Morgan fingerprint density at radius 2 is 1.48 bits per heavy atom. The van der Waals surface area contributed by atoms with Crippen LogP contribution in [0.4, 0.5) is 11.4 Å². The second kappa shape index (κ2) is 7.29. The lowest BCUT2D eigenvalue weighted by molar-refractivity contribution is -0.124. The van der Waals surface area contributed by atoms with Crippen molar-refractivity contribution in [3.8, 4) is 0 Å². The van der Waals surface area contributed by atoms with Gasteiger partial charge in [-0.1, -0.05) is 0 Å². The molecule has 4 fully saturated rings. The van der Waals surface area contributed by atoms with E-state index in [0.717, 1.165) is 23.4 Å². The monoisotopic (exact) mass is 389 g/mol. The van der Waals surface area contributed by atoms with Gasteiger partial charge in [0.25, 0.3) is 5.91 Å². The number of nitrogens with zero attached hydrogens (tertiary/aromatic N) is 1. The number of carbonyl (C=O) groups excluding carboxylic acids is 2. The molecule has 0 aliphatic heterocycles. The third kappa shape index (κ3) is 3.91.